The van der Waals surface area contributed by atoms with E-state index in [1.54, 1.807) is 0 Å². The van der Waals surface area contributed by atoms with E-state index in [-0.39, 0.29) is 12.6 Å². The number of aliphatic hydroxyl groups excluding tert-OH is 7. The molecule has 0 aromatic carbocycles. The number of rotatable bonds is 10. The second-order valence-electron chi connectivity index (χ2n) is 4.81. The Kier molecular flexibility index (Phi) is 9.01. The SMILES string of the molecule is C[C@@H](O)[C@@H](O)[C@H](O)[C@@H](C=O)OC(=O)[C@@H](O)[C@H](O)[C@H](O)[C@@H](O)C=O. The van der Waals surface area contributed by atoms with E-state index in [0.717, 1.165) is 6.92 Å². The minimum atomic E-state index is -2.46. The highest BCUT2D eigenvalue weighted by atomic mass is 16.6. The molecular formula is C12H20O11. The molecule has 0 aliphatic rings. The molecule has 0 fully saturated rings. The van der Waals surface area contributed by atoms with Crippen molar-refractivity contribution in [2.75, 3.05) is 0 Å². The van der Waals surface area contributed by atoms with Crippen LogP contribution in [0.1, 0.15) is 6.92 Å². The third kappa shape index (κ3) is 5.91. The second-order valence-corrected chi connectivity index (χ2v) is 4.81. The molecule has 0 saturated heterocycles. The van der Waals surface area contributed by atoms with E-state index in [4.69, 9.17) is 10.2 Å². The standard InChI is InChI=1S/C12H20O11/c1-4(15)7(17)9(19)6(3-14)23-12(22)11(21)10(20)8(18)5(16)2-13/h2-11,15-21H,1H3/t4-,5+,6-,7-,8-,9-,10-,11+/m1/s1. The van der Waals surface area contributed by atoms with Gasteiger partial charge in [-0.05, 0) is 6.92 Å². The zero-order valence-electron chi connectivity index (χ0n) is 12.0. The lowest BCUT2D eigenvalue weighted by Crippen LogP contribution is -2.51. The Morgan fingerprint density at radius 2 is 1.35 bits per heavy atom. The molecule has 0 aliphatic heterocycles. The molecule has 11 nitrogen and oxygen atoms in total. The second kappa shape index (κ2) is 9.62. The fourth-order valence-corrected chi connectivity index (χ4v) is 1.47. The van der Waals surface area contributed by atoms with Gasteiger partial charge in [-0.25, -0.2) is 4.79 Å². The average molecular weight is 340 g/mol. The fraction of sp³-hybridized carbons (Fsp3) is 0.750. The summed E-state index contributed by atoms with van der Waals surface area (Å²) < 4.78 is 4.36. The van der Waals surface area contributed by atoms with Crippen molar-refractivity contribution in [3.8, 4) is 0 Å². The number of ether oxygens (including phenoxy) is 1. The van der Waals surface area contributed by atoms with E-state index in [0.29, 0.717) is 0 Å². The maximum atomic E-state index is 11.5. The van der Waals surface area contributed by atoms with Gasteiger partial charge in [-0.3, -0.25) is 4.79 Å². The predicted octanol–water partition coefficient (Wildman–Crippen LogP) is -5.16. The van der Waals surface area contributed by atoms with Crippen LogP contribution in [-0.4, -0.2) is 103 Å². The zero-order valence-corrected chi connectivity index (χ0v) is 12.0. The Balaban J connectivity index is 4.88. The highest BCUT2D eigenvalue weighted by molar-refractivity contribution is 5.77. The van der Waals surface area contributed by atoms with Gasteiger partial charge in [-0.15, -0.1) is 0 Å². The lowest BCUT2D eigenvalue weighted by molar-refractivity contribution is -0.184. The maximum Gasteiger partial charge on any atom is 0.338 e. The molecule has 0 aliphatic carbocycles. The van der Waals surface area contributed by atoms with Crippen LogP contribution in [-0.2, 0) is 19.1 Å². The number of aliphatic hydroxyl groups is 7. The highest BCUT2D eigenvalue weighted by Gasteiger charge is 2.38. The Morgan fingerprint density at radius 1 is 0.826 bits per heavy atom. The van der Waals surface area contributed by atoms with Gasteiger partial charge in [0.25, 0.3) is 0 Å². The number of hydrogen-bond acceptors (Lipinski definition) is 11. The molecule has 23 heavy (non-hydrogen) atoms. The number of carbonyl (C=O) groups is 3. The molecule has 0 amide bonds. The molecule has 0 heterocycles. The number of esters is 1. The van der Waals surface area contributed by atoms with Crippen molar-refractivity contribution >= 4 is 18.5 Å². The Morgan fingerprint density at radius 3 is 1.74 bits per heavy atom. The number of carbonyl (C=O) groups excluding carboxylic acids is 3. The summed E-state index contributed by atoms with van der Waals surface area (Å²) >= 11 is 0. The van der Waals surface area contributed by atoms with Gasteiger partial charge in [-0.1, -0.05) is 0 Å². The summed E-state index contributed by atoms with van der Waals surface area (Å²) in [5.41, 5.74) is 0. The minimum absolute atomic E-state index is 0.0933. The Labute approximate surface area is 130 Å². The van der Waals surface area contributed by atoms with Crippen LogP contribution in [0.15, 0.2) is 0 Å². The lowest BCUT2D eigenvalue weighted by atomic mass is 10.0. The third-order valence-corrected chi connectivity index (χ3v) is 2.97. The van der Waals surface area contributed by atoms with Crippen molar-refractivity contribution in [2.45, 2.75) is 55.8 Å². The molecule has 0 unspecified atom stereocenters. The minimum Gasteiger partial charge on any atom is -0.450 e. The summed E-state index contributed by atoms with van der Waals surface area (Å²) in [7, 11) is 0. The molecule has 0 rings (SSSR count). The first-order chi connectivity index (χ1) is 10.6. The molecule has 0 bridgehead atoms. The van der Waals surface area contributed by atoms with Crippen LogP contribution in [0.2, 0.25) is 0 Å². The third-order valence-electron chi connectivity index (χ3n) is 2.97. The first kappa shape index (κ1) is 21.5. The van der Waals surface area contributed by atoms with E-state index < -0.39 is 54.8 Å². The summed E-state index contributed by atoms with van der Waals surface area (Å²) in [5, 5.41) is 65.1. The van der Waals surface area contributed by atoms with E-state index in [2.05, 4.69) is 4.74 Å². The zero-order chi connectivity index (χ0) is 18.3. The van der Waals surface area contributed by atoms with Crippen LogP contribution in [0.4, 0.5) is 0 Å². The van der Waals surface area contributed by atoms with Crippen molar-refractivity contribution in [3.63, 3.8) is 0 Å². The molecule has 0 radical (unpaired) electrons. The lowest BCUT2D eigenvalue weighted by Gasteiger charge is -2.27. The summed E-state index contributed by atoms with van der Waals surface area (Å²) in [6, 6.07) is 0. The highest BCUT2D eigenvalue weighted by Crippen LogP contribution is 2.11. The van der Waals surface area contributed by atoms with Crippen LogP contribution < -0.4 is 0 Å². The van der Waals surface area contributed by atoms with Crippen LogP contribution >= 0.6 is 0 Å². The van der Waals surface area contributed by atoms with Crippen LogP contribution in [0.25, 0.3) is 0 Å². The van der Waals surface area contributed by atoms with E-state index in [1.807, 2.05) is 0 Å². The smallest absolute Gasteiger partial charge is 0.338 e. The largest absolute Gasteiger partial charge is 0.450 e. The van der Waals surface area contributed by atoms with Gasteiger partial charge in [0.15, 0.2) is 24.8 Å². The molecule has 0 aromatic heterocycles. The van der Waals surface area contributed by atoms with Gasteiger partial charge in [0.2, 0.25) is 0 Å². The molecule has 0 spiro atoms. The monoisotopic (exact) mass is 340 g/mol. The first-order valence-corrected chi connectivity index (χ1v) is 6.46. The first-order valence-electron chi connectivity index (χ1n) is 6.46. The summed E-state index contributed by atoms with van der Waals surface area (Å²) in [5.74, 6) is -1.68. The van der Waals surface area contributed by atoms with E-state index in [9.17, 15) is 39.9 Å². The van der Waals surface area contributed by atoms with Gasteiger partial charge in [0.05, 0.1) is 6.10 Å². The normalized spacial score (nSPS) is 21.9. The van der Waals surface area contributed by atoms with Gasteiger partial charge < -0.3 is 45.3 Å². The molecule has 134 valence electrons. The van der Waals surface area contributed by atoms with Crippen molar-refractivity contribution in [3.05, 3.63) is 0 Å². The van der Waals surface area contributed by atoms with Crippen molar-refractivity contribution in [1.29, 1.82) is 0 Å². The Bertz CT molecular complexity index is 398. The van der Waals surface area contributed by atoms with Crippen molar-refractivity contribution in [1.82, 2.24) is 0 Å². The molecule has 0 saturated carbocycles. The van der Waals surface area contributed by atoms with Gasteiger partial charge in [0.1, 0.15) is 30.5 Å². The van der Waals surface area contributed by atoms with E-state index >= 15 is 0 Å². The molecular weight excluding hydrogens is 320 g/mol. The predicted molar refractivity (Wildman–Crippen MR) is 69.7 cm³/mol. The Hall–Kier alpha value is -1.47. The molecule has 7 N–H and O–H groups in total. The van der Waals surface area contributed by atoms with Gasteiger partial charge in [0, 0.05) is 0 Å². The topological polar surface area (TPSA) is 202 Å². The van der Waals surface area contributed by atoms with Crippen LogP contribution in [0.3, 0.4) is 0 Å². The van der Waals surface area contributed by atoms with Crippen molar-refractivity contribution in [2.24, 2.45) is 0 Å². The van der Waals surface area contributed by atoms with Crippen LogP contribution in [0, 0.1) is 0 Å². The molecule has 11 heteroatoms. The average Bonchev–Trinajstić information content (AvgIpc) is 2.54. The van der Waals surface area contributed by atoms with Crippen molar-refractivity contribution < 1.29 is 54.9 Å². The quantitative estimate of drug-likeness (QED) is 0.148. The fourth-order valence-electron chi connectivity index (χ4n) is 1.47. The van der Waals surface area contributed by atoms with Gasteiger partial charge in [-0.2, -0.15) is 0 Å². The molecule has 0 aromatic rings. The maximum absolute atomic E-state index is 11.5. The molecule has 8 atom stereocenters. The summed E-state index contributed by atoms with van der Waals surface area (Å²) in [6.45, 7) is 1.09. The van der Waals surface area contributed by atoms with E-state index in [1.165, 1.54) is 0 Å². The summed E-state index contributed by atoms with van der Waals surface area (Å²) in [4.78, 5) is 32.6. The van der Waals surface area contributed by atoms with Gasteiger partial charge >= 0.3 is 5.97 Å². The number of hydrogen-bond donors (Lipinski definition) is 7. The number of aldehydes is 2. The summed E-state index contributed by atoms with van der Waals surface area (Å²) in [6.07, 6.45) is -16.6. The van der Waals surface area contributed by atoms with Crippen LogP contribution in [0.5, 0.6) is 0 Å².